The molecule has 5 nitrogen and oxygen atoms in total. The standard InChI is InChI=1S/C10H8.CH2O.Na.H2O4S.H/c1-2-6-10-8-4-3-7-9(10)5-1;1-2;;1-5(2,3)4;/h1-8H;1H2;;(H2,1,2,3,4);. The van der Waals surface area contributed by atoms with Crippen molar-refractivity contribution in [3.8, 4) is 0 Å². The molecule has 94 valence electrons. The molecule has 0 bridgehead atoms. The molecular weight excluding hydrogens is 267 g/mol. The molecule has 0 unspecified atom stereocenters. The molecule has 2 aromatic rings. The normalized spacial score (nSPS) is 9.00. The van der Waals surface area contributed by atoms with Crippen molar-refractivity contribution in [3.05, 3.63) is 48.5 Å². The molecule has 0 aliphatic carbocycles. The second-order valence-corrected chi connectivity index (χ2v) is 3.69. The Kier molecular flexibility index (Phi) is 11.1. The summed E-state index contributed by atoms with van der Waals surface area (Å²) in [5.41, 5.74) is 0. The van der Waals surface area contributed by atoms with Crippen molar-refractivity contribution in [2.45, 2.75) is 0 Å². The Bertz CT molecular complexity index is 483. The van der Waals surface area contributed by atoms with Crippen LogP contribution in [-0.4, -0.2) is 53.9 Å². The topological polar surface area (TPSA) is 91.7 Å². The minimum absolute atomic E-state index is 0. The Morgan fingerprint density at radius 1 is 0.778 bits per heavy atom. The van der Waals surface area contributed by atoms with E-state index in [0.29, 0.717) is 0 Å². The molecule has 0 aliphatic heterocycles. The fourth-order valence-corrected chi connectivity index (χ4v) is 1.13. The average Bonchev–Trinajstić information content (AvgIpc) is 2.30. The van der Waals surface area contributed by atoms with Crippen molar-refractivity contribution >= 4 is 57.5 Å². The summed E-state index contributed by atoms with van der Waals surface area (Å²) < 4.78 is 31.6. The van der Waals surface area contributed by atoms with Crippen LogP contribution in [-0.2, 0) is 15.2 Å². The maximum atomic E-state index is 8.74. The van der Waals surface area contributed by atoms with Crippen molar-refractivity contribution in [1.29, 1.82) is 0 Å². The largest absolute Gasteiger partial charge is 0.0616 e. The number of fused-ring (bicyclic) bond motifs is 1. The Balaban J connectivity index is 0. The summed E-state index contributed by atoms with van der Waals surface area (Å²) in [7, 11) is -4.67. The number of hydrogen-bond acceptors (Lipinski definition) is 3. The molecule has 0 saturated heterocycles. The van der Waals surface area contributed by atoms with Crippen LogP contribution in [0.1, 0.15) is 0 Å². The van der Waals surface area contributed by atoms with Crippen molar-refractivity contribution in [2.75, 3.05) is 0 Å². The quantitative estimate of drug-likeness (QED) is 0.561. The monoisotopic (exact) mass is 280 g/mol. The van der Waals surface area contributed by atoms with Crippen LogP contribution in [0.2, 0.25) is 0 Å². The maximum absolute atomic E-state index is 8.74. The Morgan fingerprint density at radius 2 is 0.944 bits per heavy atom. The van der Waals surface area contributed by atoms with E-state index in [2.05, 4.69) is 48.5 Å². The van der Waals surface area contributed by atoms with Gasteiger partial charge < -0.3 is 4.79 Å². The smallest absolute Gasteiger partial charge is 0.0184 e. The Labute approximate surface area is 128 Å². The summed E-state index contributed by atoms with van der Waals surface area (Å²) in [6.45, 7) is 2.00. The summed E-state index contributed by atoms with van der Waals surface area (Å²) in [5, 5.41) is 2.62. The van der Waals surface area contributed by atoms with Gasteiger partial charge in [-0.3, -0.25) is 9.11 Å². The molecule has 0 fully saturated rings. The SMILES string of the molecule is C=O.O=S(=O)(O)O.[NaH].c1ccc2ccccc2c1. The van der Waals surface area contributed by atoms with E-state index in [1.165, 1.54) is 10.8 Å². The Hall–Kier alpha value is -0.760. The van der Waals surface area contributed by atoms with Gasteiger partial charge in [-0.2, -0.15) is 8.42 Å². The molecule has 0 aromatic heterocycles. The average molecular weight is 280 g/mol. The molecular formula is C11H13NaO5S. The van der Waals surface area contributed by atoms with Gasteiger partial charge in [0.25, 0.3) is 0 Å². The molecule has 18 heavy (non-hydrogen) atoms. The zero-order chi connectivity index (χ0) is 13.3. The predicted octanol–water partition coefficient (Wildman–Crippen LogP) is 1.35. The van der Waals surface area contributed by atoms with Gasteiger partial charge in [0.15, 0.2) is 0 Å². The fourth-order valence-electron chi connectivity index (χ4n) is 1.13. The van der Waals surface area contributed by atoms with Gasteiger partial charge in [-0.1, -0.05) is 48.5 Å². The van der Waals surface area contributed by atoms with Crippen LogP contribution in [0.15, 0.2) is 48.5 Å². The van der Waals surface area contributed by atoms with E-state index in [0.717, 1.165) is 0 Å². The zero-order valence-electron chi connectivity index (χ0n) is 8.85. The van der Waals surface area contributed by atoms with Crippen LogP contribution in [0, 0.1) is 0 Å². The van der Waals surface area contributed by atoms with E-state index in [-0.39, 0.29) is 29.6 Å². The van der Waals surface area contributed by atoms with E-state index in [9.17, 15) is 0 Å². The zero-order valence-corrected chi connectivity index (χ0v) is 9.67. The second kappa shape index (κ2) is 10.2. The molecule has 0 aliphatic rings. The number of benzene rings is 2. The van der Waals surface area contributed by atoms with Crippen LogP contribution in [0.5, 0.6) is 0 Å². The minimum atomic E-state index is -4.67. The van der Waals surface area contributed by atoms with Crippen molar-refractivity contribution in [3.63, 3.8) is 0 Å². The molecule has 0 amide bonds. The summed E-state index contributed by atoms with van der Waals surface area (Å²) in [6, 6.07) is 16.7. The predicted molar refractivity (Wildman–Crippen MR) is 72.4 cm³/mol. The van der Waals surface area contributed by atoms with Crippen molar-refractivity contribution in [2.24, 2.45) is 0 Å². The number of rotatable bonds is 0. The van der Waals surface area contributed by atoms with Gasteiger partial charge in [0, 0.05) is 0 Å². The van der Waals surface area contributed by atoms with Gasteiger partial charge >= 0.3 is 40.0 Å². The van der Waals surface area contributed by atoms with E-state index in [4.69, 9.17) is 22.3 Å². The van der Waals surface area contributed by atoms with Gasteiger partial charge in [-0.25, -0.2) is 0 Å². The Morgan fingerprint density at radius 3 is 1.11 bits per heavy atom. The summed E-state index contributed by atoms with van der Waals surface area (Å²) in [4.78, 5) is 8.00. The van der Waals surface area contributed by atoms with E-state index < -0.39 is 10.4 Å². The van der Waals surface area contributed by atoms with E-state index in [1.54, 1.807) is 0 Å². The first-order chi connectivity index (χ1) is 7.97. The molecule has 0 radical (unpaired) electrons. The van der Waals surface area contributed by atoms with E-state index in [1.807, 2.05) is 6.79 Å². The fraction of sp³-hybridized carbons (Fsp3) is 0. The molecule has 0 saturated carbocycles. The third kappa shape index (κ3) is 10.4. The molecule has 0 spiro atoms. The number of carbonyl (C=O) groups excluding carboxylic acids is 1. The molecule has 2 rings (SSSR count). The second-order valence-electron chi connectivity index (χ2n) is 2.79. The van der Waals surface area contributed by atoms with Crippen LogP contribution >= 0.6 is 0 Å². The van der Waals surface area contributed by atoms with Crippen LogP contribution < -0.4 is 0 Å². The van der Waals surface area contributed by atoms with Crippen molar-refractivity contribution in [1.82, 2.24) is 0 Å². The van der Waals surface area contributed by atoms with Gasteiger partial charge in [-0.15, -0.1) is 0 Å². The van der Waals surface area contributed by atoms with Crippen LogP contribution in [0.25, 0.3) is 10.8 Å². The van der Waals surface area contributed by atoms with Gasteiger partial charge in [0.1, 0.15) is 6.79 Å². The number of carbonyl (C=O) groups is 1. The summed E-state index contributed by atoms with van der Waals surface area (Å²) >= 11 is 0. The summed E-state index contributed by atoms with van der Waals surface area (Å²) in [6.07, 6.45) is 0. The molecule has 0 atom stereocenters. The third-order valence-corrected chi connectivity index (χ3v) is 1.66. The molecule has 7 heteroatoms. The first-order valence-corrected chi connectivity index (χ1v) is 5.79. The van der Waals surface area contributed by atoms with Crippen LogP contribution in [0.4, 0.5) is 0 Å². The molecule has 2 N–H and O–H groups in total. The molecule has 2 aromatic carbocycles. The third-order valence-electron chi connectivity index (χ3n) is 1.66. The van der Waals surface area contributed by atoms with Gasteiger partial charge in [0.05, 0.1) is 0 Å². The molecule has 0 heterocycles. The first-order valence-electron chi connectivity index (χ1n) is 4.39. The summed E-state index contributed by atoms with van der Waals surface area (Å²) in [5.74, 6) is 0. The maximum Gasteiger partial charge on any atom is -0.0184 e. The van der Waals surface area contributed by atoms with Crippen LogP contribution in [0.3, 0.4) is 0 Å². The van der Waals surface area contributed by atoms with Crippen molar-refractivity contribution < 1.29 is 22.3 Å². The first kappa shape index (κ1) is 19.6. The number of hydrogen-bond donors (Lipinski definition) is 2. The minimum Gasteiger partial charge on any atom is -0.0616 e. The van der Waals surface area contributed by atoms with Gasteiger partial charge in [0.2, 0.25) is 0 Å². The van der Waals surface area contributed by atoms with Gasteiger partial charge in [-0.05, 0) is 10.8 Å². The van der Waals surface area contributed by atoms with E-state index >= 15 is 0 Å².